The molecule has 7 heteroatoms. The van der Waals surface area contributed by atoms with Crippen LogP contribution in [0.4, 0.5) is 0 Å². The third kappa shape index (κ3) is 1.15. The van der Waals surface area contributed by atoms with Crippen LogP contribution in [0.15, 0.2) is 18.5 Å². The molecule has 0 radical (unpaired) electrons. The average Bonchev–Trinajstić information content (AvgIpc) is 2.70. The first-order valence-electron chi connectivity index (χ1n) is 3.82. The van der Waals surface area contributed by atoms with E-state index >= 15 is 0 Å². The monoisotopic (exact) mass is 193 g/mol. The van der Waals surface area contributed by atoms with E-state index in [9.17, 15) is 4.79 Å². The van der Waals surface area contributed by atoms with E-state index in [1.165, 1.54) is 15.6 Å². The summed E-state index contributed by atoms with van der Waals surface area (Å²) in [4.78, 5) is 10.8. The van der Waals surface area contributed by atoms with Crippen LogP contribution in [0, 0.1) is 0 Å². The lowest BCUT2D eigenvalue weighted by Crippen LogP contribution is -2.11. The minimum atomic E-state index is -1.07. The van der Waals surface area contributed by atoms with Crippen LogP contribution in [0.5, 0.6) is 0 Å². The standard InChI is InChI=1S/C7H7N5O2/c1-11-6(2-3-9-11)12-5(7(13)14)4-8-10-12/h2-4H,1H3,(H,13,14). The van der Waals surface area contributed by atoms with Crippen molar-refractivity contribution >= 4 is 5.97 Å². The predicted octanol–water partition coefficient (Wildman–Crippen LogP) is -0.301. The van der Waals surface area contributed by atoms with Gasteiger partial charge in [0.1, 0.15) is 0 Å². The highest BCUT2D eigenvalue weighted by Crippen LogP contribution is 2.06. The molecule has 7 nitrogen and oxygen atoms in total. The molecule has 0 aliphatic heterocycles. The van der Waals surface area contributed by atoms with Gasteiger partial charge < -0.3 is 5.11 Å². The van der Waals surface area contributed by atoms with Crippen molar-refractivity contribution in [2.24, 2.45) is 7.05 Å². The molecule has 0 saturated carbocycles. The number of hydrogen-bond acceptors (Lipinski definition) is 4. The number of carboxylic acid groups (broad SMARTS) is 1. The summed E-state index contributed by atoms with van der Waals surface area (Å²) in [5, 5.41) is 19.9. The van der Waals surface area contributed by atoms with Crippen LogP contribution in [-0.2, 0) is 7.05 Å². The molecule has 72 valence electrons. The van der Waals surface area contributed by atoms with Crippen molar-refractivity contribution in [3.63, 3.8) is 0 Å². The second kappa shape index (κ2) is 2.95. The Morgan fingerprint density at radius 3 is 2.93 bits per heavy atom. The van der Waals surface area contributed by atoms with Crippen molar-refractivity contribution in [2.75, 3.05) is 0 Å². The van der Waals surface area contributed by atoms with Gasteiger partial charge in [0.15, 0.2) is 11.5 Å². The van der Waals surface area contributed by atoms with Crippen molar-refractivity contribution < 1.29 is 9.90 Å². The van der Waals surface area contributed by atoms with Crippen LogP contribution in [0.3, 0.4) is 0 Å². The summed E-state index contributed by atoms with van der Waals surface area (Å²) in [7, 11) is 1.70. The van der Waals surface area contributed by atoms with Gasteiger partial charge in [0.2, 0.25) is 0 Å². The zero-order chi connectivity index (χ0) is 10.1. The molecule has 1 N–H and O–H groups in total. The van der Waals surface area contributed by atoms with Gasteiger partial charge in [0.25, 0.3) is 0 Å². The molecule has 0 amide bonds. The molecule has 0 fully saturated rings. The van der Waals surface area contributed by atoms with Gasteiger partial charge in [-0.05, 0) is 0 Å². The van der Waals surface area contributed by atoms with Crippen molar-refractivity contribution in [2.45, 2.75) is 0 Å². The quantitative estimate of drug-likeness (QED) is 0.707. The lowest BCUT2D eigenvalue weighted by Gasteiger charge is -2.01. The van der Waals surface area contributed by atoms with Gasteiger partial charge in [0.05, 0.1) is 12.4 Å². The molecule has 0 bridgehead atoms. The van der Waals surface area contributed by atoms with E-state index in [0.717, 1.165) is 0 Å². The Balaban J connectivity index is 2.57. The van der Waals surface area contributed by atoms with E-state index in [-0.39, 0.29) is 5.69 Å². The van der Waals surface area contributed by atoms with Crippen LogP contribution < -0.4 is 0 Å². The molecule has 2 heterocycles. The normalized spacial score (nSPS) is 10.4. The zero-order valence-corrected chi connectivity index (χ0v) is 7.32. The first-order valence-corrected chi connectivity index (χ1v) is 3.82. The van der Waals surface area contributed by atoms with Gasteiger partial charge in [0, 0.05) is 13.1 Å². The maximum absolute atomic E-state index is 10.8. The van der Waals surface area contributed by atoms with Gasteiger partial charge in [-0.3, -0.25) is 4.68 Å². The molecule has 0 aliphatic rings. The molecule has 0 unspecified atom stereocenters. The Labute approximate surface area is 78.6 Å². The molecule has 0 aromatic carbocycles. The SMILES string of the molecule is Cn1nccc1-n1nncc1C(=O)O. The van der Waals surface area contributed by atoms with E-state index in [1.54, 1.807) is 19.3 Å². The molecule has 2 aromatic heterocycles. The summed E-state index contributed by atoms with van der Waals surface area (Å²) in [5.74, 6) is -0.517. The second-order valence-electron chi connectivity index (χ2n) is 2.65. The molecule has 0 spiro atoms. The van der Waals surface area contributed by atoms with Gasteiger partial charge in [-0.15, -0.1) is 5.10 Å². The highest BCUT2D eigenvalue weighted by atomic mass is 16.4. The molecular weight excluding hydrogens is 186 g/mol. The third-order valence-electron chi connectivity index (χ3n) is 1.78. The van der Waals surface area contributed by atoms with Crippen LogP contribution in [0.25, 0.3) is 5.82 Å². The lowest BCUT2D eigenvalue weighted by atomic mass is 10.4. The zero-order valence-electron chi connectivity index (χ0n) is 7.32. The summed E-state index contributed by atoms with van der Waals surface area (Å²) < 4.78 is 2.73. The van der Waals surface area contributed by atoms with E-state index in [0.29, 0.717) is 5.82 Å². The number of carboxylic acids is 1. The number of aromatic nitrogens is 5. The fourth-order valence-electron chi connectivity index (χ4n) is 1.12. The van der Waals surface area contributed by atoms with Crippen LogP contribution >= 0.6 is 0 Å². The Kier molecular flexibility index (Phi) is 1.77. The first kappa shape index (κ1) is 8.42. The Bertz CT molecular complexity index is 472. The van der Waals surface area contributed by atoms with E-state index in [4.69, 9.17) is 5.11 Å². The number of hydrogen-bond donors (Lipinski definition) is 1. The maximum atomic E-state index is 10.8. The molecular formula is C7H7N5O2. The Hall–Kier alpha value is -2.18. The van der Waals surface area contributed by atoms with E-state index < -0.39 is 5.97 Å². The Morgan fingerprint density at radius 2 is 2.36 bits per heavy atom. The number of rotatable bonds is 2. The summed E-state index contributed by atoms with van der Waals surface area (Å²) in [6, 6.07) is 1.65. The molecule has 0 saturated heterocycles. The molecule has 0 aliphatic carbocycles. The average molecular weight is 193 g/mol. The molecule has 2 aromatic rings. The minimum Gasteiger partial charge on any atom is -0.476 e. The lowest BCUT2D eigenvalue weighted by molar-refractivity contribution is 0.0686. The minimum absolute atomic E-state index is 0.00796. The van der Waals surface area contributed by atoms with Crippen LogP contribution in [-0.4, -0.2) is 35.9 Å². The van der Waals surface area contributed by atoms with Gasteiger partial charge in [-0.2, -0.15) is 9.78 Å². The highest BCUT2D eigenvalue weighted by Gasteiger charge is 2.14. The van der Waals surface area contributed by atoms with E-state index in [1.807, 2.05) is 0 Å². The first-order chi connectivity index (χ1) is 6.70. The highest BCUT2D eigenvalue weighted by molar-refractivity contribution is 5.85. The van der Waals surface area contributed by atoms with Crippen molar-refractivity contribution in [3.8, 4) is 5.82 Å². The number of aromatic carboxylic acids is 1. The van der Waals surface area contributed by atoms with Crippen LogP contribution in [0.1, 0.15) is 10.5 Å². The summed E-state index contributed by atoms with van der Waals surface area (Å²) >= 11 is 0. The molecule has 0 atom stereocenters. The summed E-state index contributed by atoms with van der Waals surface area (Å²) in [5.41, 5.74) is 0.00796. The van der Waals surface area contributed by atoms with Gasteiger partial charge >= 0.3 is 5.97 Å². The molecule has 14 heavy (non-hydrogen) atoms. The fraction of sp³-hybridized carbons (Fsp3) is 0.143. The summed E-state index contributed by atoms with van der Waals surface area (Å²) in [6.45, 7) is 0. The Morgan fingerprint density at radius 1 is 1.57 bits per heavy atom. The van der Waals surface area contributed by atoms with Crippen LogP contribution in [0.2, 0.25) is 0 Å². The van der Waals surface area contributed by atoms with Crippen molar-refractivity contribution in [1.29, 1.82) is 0 Å². The second-order valence-corrected chi connectivity index (χ2v) is 2.65. The smallest absolute Gasteiger partial charge is 0.356 e. The fourth-order valence-corrected chi connectivity index (χ4v) is 1.12. The number of aryl methyl sites for hydroxylation is 1. The summed E-state index contributed by atoms with van der Waals surface area (Å²) in [6.07, 6.45) is 2.75. The van der Waals surface area contributed by atoms with E-state index in [2.05, 4.69) is 15.4 Å². The van der Waals surface area contributed by atoms with Gasteiger partial charge in [-0.1, -0.05) is 5.21 Å². The largest absolute Gasteiger partial charge is 0.476 e. The third-order valence-corrected chi connectivity index (χ3v) is 1.78. The van der Waals surface area contributed by atoms with Gasteiger partial charge in [-0.25, -0.2) is 4.79 Å². The number of carbonyl (C=O) groups is 1. The predicted molar refractivity (Wildman–Crippen MR) is 45.1 cm³/mol. The topological polar surface area (TPSA) is 85.8 Å². The molecule has 2 rings (SSSR count). The van der Waals surface area contributed by atoms with Crippen molar-refractivity contribution in [1.82, 2.24) is 24.8 Å². The maximum Gasteiger partial charge on any atom is 0.356 e. The number of nitrogens with zero attached hydrogens (tertiary/aromatic N) is 5. The van der Waals surface area contributed by atoms with Crippen molar-refractivity contribution in [3.05, 3.63) is 24.2 Å².